The molecule has 0 aliphatic carbocycles. The van der Waals surface area contributed by atoms with Crippen molar-refractivity contribution in [3.8, 4) is 0 Å². The van der Waals surface area contributed by atoms with Crippen LogP contribution in [0, 0.1) is 5.92 Å². The van der Waals surface area contributed by atoms with E-state index in [9.17, 15) is 4.79 Å². The van der Waals surface area contributed by atoms with Gasteiger partial charge in [-0.25, -0.2) is 0 Å². The molecule has 0 radical (unpaired) electrons. The Morgan fingerprint density at radius 2 is 2.25 bits per heavy atom. The van der Waals surface area contributed by atoms with Gasteiger partial charge in [0.05, 0.1) is 12.6 Å². The van der Waals surface area contributed by atoms with Crippen molar-refractivity contribution in [2.24, 2.45) is 16.8 Å². The molecule has 1 aliphatic heterocycles. The lowest BCUT2D eigenvalue weighted by Gasteiger charge is -2.18. The van der Waals surface area contributed by atoms with Crippen LogP contribution in [0.5, 0.6) is 0 Å². The van der Waals surface area contributed by atoms with Crippen LogP contribution in [-0.4, -0.2) is 36.2 Å². The molecule has 0 saturated carbocycles. The quantitative estimate of drug-likeness (QED) is 0.316. The van der Waals surface area contributed by atoms with Gasteiger partial charge >= 0.3 is 0 Å². The molecule has 1 aromatic carbocycles. The fourth-order valence-electron chi connectivity index (χ4n) is 2.20. The molecule has 0 aromatic heterocycles. The molecule has 1 fully saturated rings. The molecule has 1 aliphatic rings. The molecular weight excluding hydrogens is 258 g/mol. The summed E-state index contributed by atoms with van der Waals surface area (Å²) in [5, 5.41) is 14.7. The number of ether oxygens (including phenoxy) is 1. The Kier molecular flexibility index (Phi) is 4.95. The fraction of sp³-hybridized carbons (Fsp3) is 0.429. The first-order valence-electron chi connectivity index (χ1n) is 6.60. The number of carbonyl (C=O) groups excluding carboxylic acids is 1. The van der Waals surface area contributed by atoms with Gasteiger partial charge in [-0.1, -0.05) is 35.5 Å². The Morgan fingerprint density at radius 3 is 2.85 bits per heavy atom. The SMILES string of the molecule is N/C(=N/O)C(Cc1ccccc1)C(=O)NC1CCOC1. The number of nitrogens with zero attached hydrogens (tertiary/aromatic N) is 1. The zero-order valence-electron chi connectivity index (χ0n) is 11.2. The van der Waals surface area contributed by atoms with E-state index in [0.717, 1.165) is 12.0 Å². The van der Waals surface area contributed by atoms with Gasteiger partial charge in [-0.3, -0.25) is 4.79 Å². The van der Waals surface area contributed by atoms with Crippen molar-refractivity contribution in [3.05, 3.63) is 35.9 Å². The Bertz CT molecular complexity index is 470. The van der Waals surface area contributed by atoms with Crippen molar-refractivity contribution in [3.63, 3.8) is 0 Å². The Morgan fingerprint density at radius 1 is 1.50 bits per heavy atom. The fourth-order valence-corrected chi connectivity index (χ4v) is 2.20. The third kappa shape index (κ3) is 3.71. The second-order valence-electron chi connectivity index (χ2n) is 4.84. The number of nitrogens with two attached hydrogens (primary N) is 1. The number of oxime groups is 1. The molecule has 1 heterocycles. The topological polar surface area (TPSA) is 96.9 Å². The summed E-state index contributed by atoms with van der Waals surface area (Å²) >= 11 is 0. The first-order valence-corrected chi connectivity index (χ1v) is 6.60. The number of amidine groups is 1. The van der Waals surface area contributed by atoms with E-state index in [2.05, 4.69) is 10.5 Å². The highest BCUT2D eigenvalue weighted by molar-refractivity contribution is 6.02. The van der Waals surface area contributed by atoms with E-state index in [1.165, 1.54) is 0 Å². The molecular formula is C14H19N3O3. The van der Waals surface area contributed by atoms with Crippen LogP contribution >= 0.6 is 0 Å². The van der Waals surface area contributed by atoms with Gasteiger partial charge in [-0.2, -0.15) is 0 Å². The predicted molar refractivity (Wildman–Crippen MR) is 74.4 cm³/mol. The highest BCUT2D eigenvalue weighted by Crippen LogP contribution is 2.11. The van der Waals surface area contributed by atoms with Gasteiger partial charge in [0.1, 0.15) is 5.92 Å². The number of carbonyl (C=O) groups is 1. The van der Waals surface area contributed by atoms with Crippen molar-refractivity contribution in [1.82, 2.24) is 5.32 Å². The highest BCUT2D eigenvalue weighted by Gasteiger charge is 2.27. The molecule has 0 spiro atoms. The van der Waals surface area contributed by atoms with Crippen LogP contribution in [-0.2, 0) is 16.0 Å². The molecule has 2 atom stereocenters. The maximum absolute atomic E-state index is 12.3. The zero-order chi connectivity index (χ0) is 14.4. The van der Waals surface area contributed by atoms with Crippen molar-refractivity contribution in [2.75, 3.05) is 13.2 Å². The molecule has 1 amide bonds. The number of hydrogen-bond donors (Lipinski definition) is 3. The summed E-state index contributed by atoms with van der Waals surface area (Å²) in [5.74, 6) is -0.993. The van der Waals surface area contributed by atoms with E-state index >= 15 is 0 Å². The second-order valence-corrected chi connectivity index (χ2v) is 4.84. The first-order chi connectivity index (χ1) is 9.70. The lowest BCUT2D eigenvalue weighted by molar-refractivity contribution is -0.123. The van der Waals surface area contributed by atoms with Gasteiger partial charge < -0.3 is 21.0 Å². The minimum atomic E-state index is -0.678. The monoisotopic (exact) mass is 277 g/mol. The summed E-state index contributed by atoms with van der Waals surface area (Å²) in [7, 11) is 0. The van der Waals surface area contributed by atoms with Crippen molar-refractivity contribution >= 4 is 11.7 Å². The number of hydrogen-bond acceptors (Lipinski definition) is 4. The lowest BCUT2D eigenvalue weighted by Crippen LogP contribution is -2.44. The molecule has 6 heteroatoms. The minimum Gasteiger partial charge on any atom is -0.409 e. The normalized spacial score (nSPS) is 20.6. The summed E-state index contributed by atoms with van der Waals surface area (Å²) in [4.78, 5) is 12.3. The van der Waals surface area contributed by atoms with Crippen molar-refractivity contribution in [1.29, 1.82) is 0 Å². The largest absolute Gasteiger partial charge is 0.409 e. The van der Waals surface area contributed by atoms with Gasteiger partial charge in [-0.15, -0.1) is 0 Å². The molecule has 1 saturated heterocycles. The van der Waals surface area contributed by atoms with E-state index < -0.39 is 5.92 Å². The molecule has 2 rings (SSSR count). The number of amides is 1. The maximum Gasteiger partial charge on any atom is 0.231 e. The van der Waals surface area contributed by atoms with Crippen LogP contribution in [0.3, 0.4) is 0 Å². The van der Waals surface area contributed by atoms with Crippen LogP contribution < -0.4 is 11.1 Å². The number of rotatable bonds is 5. The van der Waals surface area contributed by atoms with Crippen molar-refractivity contribution < 1.29 is 14.7 Å². The Labute approximate surface area is 117 Å². The van der Waals surface area contributed by atoms with Crippen LogP contribution in [0.25, 0.3) is 0 Å². The summed E-state index contributed by atoms with van der Waals surface area (Å²) < 4.78 is 5.22. The molecule has 6 nitrogen and oxygen atoms in total. The van der Waals surface area contributed by atoms with Crippen molar-refractivity contribution in [2.45, 2.75) is 18.9 Å². The summed E-state index contributed by atoms with van der Waals surface area (Å²) in [6.45, 7) is 1.16. The van der Waals surface area contributed by atoms with E-state index in [1.54, 1.807) is 0 Å². The average Bonchev–Trinajstić information content (AvgIpc) is 2.98. The summed E-state index contributed by atoms with van der Waals surface area (Å²) in [6, 6.07) is 9.50. The summed E-state index contributed by atoms with van der Waals surface area (Å²) in [6.07, 6.45) is 1.19. The lowest BCUT2D eigenvalue weighted by atomic mass is 9.97. The van der Waals surface area contributed by atoms with E-state index in [0.29, 0.717) is 19.6 Å². The zero-order valence-corrected chi connectivity index (χ0v) is 11.2. The Hall–Kier alpha value is -2.08. The van der Waals surface area contributed by atoms with E-state index in [-0.39, 0.29) is 17.8 Å². The molecule has 20 heavy (non-hydrogen) atoms. The molecule has 2 unspecified atom stereocenters. The average molecular weight is 277 g/mol. The number of benzene rings is 1. The van der Waals surface area contributed by atoms with E-state index in [1.807, 2.05) is 30.3 Å². The molecule has 4 N–H and O–H groups in total. The summed E-state index contributed by atoms with van der Waals surface area (Å²) in [5.41, 5.74) is 6.61. The molecule has 1 aromatic rings. The highest BCUT2D eigenvalue weighted by atomic mass is 16.5. The number of nitrogens with one attached hydrogen (secondary N) is 1. The maximum atomic E-state index is 12.3. The molecule has 0 bridgehead atoms. The standard InChI is InChI=1S/C14H19N3O3/c15-13(17-19)12(8-10-4-2-1-3-5-10)14(18)16-11-6-7-20-9-11/h1-5,11-12,19H,6-9H2,(H2,15,17)(H,16,18). The van der Waals surface area contributed by atoms with E-state index in [4.69, 9.17) is 15.7 Å². The van der Waals surface area contributed by atoms with Gasteiger partial charge in [0.15, 0.2) is 5.84 Å². The third-order valence-corrected chi connectivity index (χ3v) is 3.35. The van der Waals surface area contributed by atoms with Gasteiger partial charge in [0.2, 0.25) is 5.91 Å². The first kappa shape index (κ1) is 14.3. The Balaban J connectivity index is 2.04. The van der Waals surface area contributed by atoms with Crippen LogP contribution in [0.2, 0.25) is 0 Å². The van der Waals surface area contributed by atoms with Crippen LogP contribution in [0.15, 0.2) is 35.5 Å². The van der Waals surface area contributed by atoms with Crippen LogP contribution in [0.1, 0.15) is 12.0 Å². The molecule has 108 valence electrons. The van der Waals surface area contributed by atoms with Crippen LogP contribution in [0.4, 0.5) is 0 Å². The van der Waals surface area contributed by atoms with Gasteiger partial charge in [0, 0.05) is 6.61 Å². The predicted octanol–water partition coefficient (Wildman–Crippen LogP) is 0.497. The minimum absolute atomic E-state index is 0.00673. The second kappa shape index (κ2) is 6.91. The third-order valence-electron chi connectivity index (χ3n) is 3.35. The smallest absolute Gasteiger partial charge is 0.231 e. The van der Waals surface area contributed by atoms with Gasteiger partial charge in [0.25, 0.3) is 0 Å². The van der Waals surface area contributed by atoms with Gasteiger partial charge in [-0.05, 0) is 18.4 Å².